The summed E-state index contributed by atoms with van der Waals surface area (Å²) >= 11 is 0. The Morgan fingerprint density at radius 1 is 0.867 bits per heavy atom. The molecule has 30 heavy (non-hydrogen) atoms. The van der Waals surface area contributed by atoms with E-state index in [1.165, 1.54) is 19.3 Å². The summed E-state index contributed by atoms with van der Waals surface area (Å²) in [6.07, 6.45) is 5.26. The van der Waals surface area contributed by atoms with Gasteiger partial charge in [0.15, 0.2) is 0 Å². The normalized spacial score (nSPS) is 13.4. The zero-order chi connectivity index (χ0) is 23.1. The second kappa shape index (κ2) is 11.2. The summed E-state index contributed by atoms with van der Waals surface area (Å²) in [6.45, 7) is 22.4. The van der Waals surface area contributed by atoms with Crippen molar-refractivity contribution < 1.29 is 14.3 Å². The van der Waals surface area contributed by atoms with Gasteiger partial charge in [0.1, 0.15) is 11.5 Å². The van der Waals surface area contributed by atoms with Crippen LogP contribution < -0.4 is 9.47 Å². The van der Waals surface area contributed by atoms with Gasteiger partial charge in [-0.05, 0) is 41.2 Å². The SMILES string of the molecule is CCC(=O)Oc1cc(C(C)(C)C)c(OCCC(C)CCCC(C)C)cc1C(C)(C)C. The molecule has 0 N–H and O–H groups in total. The molecule has 3 heteroatoms. The van der Waals surface area contributed by atoms with E-state index in [9.17, 15) is 4.79 Å². The maximum absolute atomic E-state index is 12.0. The third-order valence-corrected chi connectivity index (χ3v) is 5.56. The fourth-order valence-corrected chi connectivity index (χ4v) is 3.52. The van der Waals surface area contributed by atoms with Crippen LogP contribution in [0.4, 0.5) is 0 Å². The van der Waals surface area contributed by atoms with E-state index in [1.54, 1.807) is 0 Å². The molecule has 0 aliphatic heterocycles. The van der Waals surface area contributed by atoms with E-state index in [0.717, 1.165) is 29.2 Å². The van der Waals surface area contributed by atoms with Gasteiger partial charge >= 0.3 is 5.97 Å². The number of carbonyl (C=O) groups is 1. The fraction of sp³-hybridized carbons (Fsp3) is 0.741. The van der Waals surface area contributed by atoms with E-state index >= 15 is 0 Å². The summed E-state index contributed by atoms with van der Waals surface area (Å²) in [5.41, 5.74) is 1.84. The van der Waals surface area contributed by atoms with Gasteiger partial charge in [0.05, 0.1) is 6.61 Å². The lowest BCUT2D eigenvalue weighted by Gasteiger charge is -2.29. The lowest BCUT2D eigenvalue weighted by molar-refractivity contribution is -0.134. The summed E-state index contributed by atoms with van der Waals surface area (Å²) in [5.74, 6) is 2.81. The lowest BCUT2D eigenvalue weighted by Crippen LogP contribution is -2.20. The molecule has 1 aromatic carbocycles. The third-order valence-electron chi connectivity index (χ3n) is 5.56. The molecule has 172 valence electrons. The molecule has 0 fully saturated rings. The molecule has 0 heterocycles. The van der Waals surface area contributed by atoms with Crippen LogP contribution in [0.25, 0.3) is 0 Å². The van der Waals surface area contributed by atoms with Gasteiger partial charge in [0.25, 0.3) is 0 Å². The molecular weight excluding hydrogens is 372 g/mol. The Morgan fingerprint density at radius 2 is 1.40 bits per heavy atom. The smallest absolute Gasteiger partial charge is 0.310 e. The molecule has 1 atom stereocenters. The van der Waals surface area contributed by atoms with Crippen molar-refractivity contribution in [3.05, 3.63) is 23.3 Å². The van der Waals surface area contributed by atoms with Gasteiger partial charge in [-0.3, -0.25) is 4.79 Å². The highest BCUT2D eigenvalue weighted by atomic mass is 16.5. The van der Waals surface area contributed by atoms with Crippen LogP contribution in [0.1, 0.15) is 112 Å². The predicted octanol–water partition coefficient (Wildman–Crippen LogP) is 7.83. The highest BCUT2D eigenvalue weighted by molar-refractivity contribution is 5.73. The fourth-order valence-electron chi connectivity index (χ4n) is 3.52. The molecule has 0 aliphatic rings. The Balaban J connectivity index is 3.07. The molecule has 0 saturated carbocycles. The molecule has 1 rings (SSSR count). The van der Waals surface area contributed by atoms with E-state index in [1.807, 2.05) is 13.0 Å². The first kappa shape index (κ1) is 26.5. The summed E-state index contributed by atoms with van der Waals surface area (Å²) < 4.78 is 12.1. The molecule has 0 aliphatic carbocycles. The largest absolute Gasteiger partial charge is 0.493 e. The number of carbonyl (C=O) groups excluding carboxylic acids is 1. The Hall–Kier alpha value is -1.51. The van der Waals surface area contributed by atoms with Gasteiger partial charge in [-0.25, -0.2) is 0 Å². The summed E-state index contributed by atoms with van der Waals surface area (Å²) in [5, 5.41) is 0. The van der Waals surface area contributed by atoms with Crippen LogP contribution in [-0.2, 0) is 15.6 Å². The minimum atomic E-state index is -0.204. The van der Waals surface area contributed by atoms with E-state index in [4.69, 9.17) is 9.47 Å². The number of rotatable bonds is 10. The summed E-state index contributed by atoms with van der Waals surface area (Å²) in [6, 6.07) is 4.12. The van der Waals surface area contributed by atoms with E-state index in [0.29, 0.717) is 24.7 Å². The van der Waals surface area contributed by atoms with Crippen molar-refractivity contribution in [1.82, 2.24) is 0 Å². The highest BCUT2D eigenvalue weighted by Crippen LogP contribution is 2.41. The molecule has 3 nitrogen and oxygen atoms in total. The van der Waals surface area contributed by atoms with E-state index in [2.05, 4.69) is 68.4 Å². The second-order valence-corrected chi connectivity index (χ2v) is 11.2. The maximum Gasteiger partial charge on any atom is 0.310 e. The van der Waals surface area contributed by atoms with Crippen molar-refractivity contribution >= 4 is 5.97 Å². The minimum absolute atomic E-state index is 0.109. The average molecular weight is 419 g/mol. The molecular formula is C27H46O3. The standard InChI is InChI=1S/C27H46O3/c1-11-25(28)30-24-18-21(26(5,6)7)23(17-22(24)27(8,9)10)29-16-15-20(4)14-12-13-19(2)3/h17-20H,11-16H2,1-10H3. The van der Waals surface area contributed by atoms with Gasteiger partial charge in [0.2, 0.25) is 0 Å². The quantitative estimate of drug-likeness (QED) is 0.287. The van der Waals surface area contributed by atoms with Crippen molar-refractivity contribution in [3.8, 4) is 11.5 Å². The van der Waals surface area contributed by atoms with E-state index < -0.39 is 0 Å². The van der Waals surface area contributed by atoms with E-state index in [-0.39, 0.29) is 16.8 Å². The maximum atomic E-state index is 12.0. The second-order valence-electron chi connectivity index (χ2n) is 11.2. The Labute approximate surface area is 185 Å². The number of hydrogen-bond donors (Lipinski definition) is 0. The summed E-state index contributed by atoms with van der Waals surface area (Å²) in [4.78, 5) is 12.0. The van der Waals surface area contributed by atoms with Crippen LogP contribution in [0.2, 0.25) is 0 Å². The van der Waals surface area contributed by atoms with Crippen molar-refractivity contribution in [1.29, 1.82) is 0 Å². The first-order valence-corrected chi connectivity index (χ1v) is 11.8. The molecule has 0 saturated heterocycles. The van der Waals surface area contributed by atoms with Crippen molar-refractivity contribution in [2.75, 3.05) is 6.61 Å². The molecule has 0 aromatic heterocycles. The van der Waals surface area contributed by atoms with Crippen LogP contribution in [0.15, 0.2) is 12.1 Å². The monoisotopic (exact) mass is 418 g/mol. The molecule has 0 bridgehead atoms. The topological polar surface area (TPSA) is 35.5 Å². The summed E-state index contributed by atoms with van der Waals surface area (Å²) in [7, 11) is 0. The molecule has 0 spiro atoms. The van der Waals surface area contributed by atoms with Gasteiger partial charge in [0, 0.05) is 17.5 Å². The Bertz CT molecular complexity index is 675. The van der Waals surface area contributed by atoms with Crippen LogP contribution in [0, 0.1) is 11.8 Å². The van der Waals surface area contributed by atoms with Crippen LogP contribution in [-0.4, -0.2) is 12.6 Å². The van der Waals surface area contributed by atoms with Gasteiger partial charge < -0.3 is 9.47 Å². The first-order chi connectivity index (χ1) is 13.8. The van der Waals surface area contributed by atoms with Crippen LogP contribution in [0.3, 0.4) is 0 Å². The van der Waals surface area contributed by atoms with Gasteiger partial charge in [-0.1, -0.05) is 88.5 Å². The molecule has 0 radical (unpaired) electrons. The molecule has 1 aromatic rings. The highest BCUT2D eigenvalue weighted by Gasteiger charge is 2.27. The average Bonchev–Trinajstić information content (AvgIpc) is 2.60. The van der Waals surface area contributed by atoms with Crippen molar-refractivity contribution in [2.24, 2.45) is 11.8 Å². The van der Waals surface area contributed by atoms with Crippen molar-refractivity contribution in [3.63, 3.8) is 0 Å². The predicted molar refractivity (Wildman–Crippen MR) is 128 cm³/mol. The van der Waals surface area contributed by atoms with Crippen molar-refractivity contribution in [2.45, 2.75) is 112 Å². The molecule has 0 amide bonds. The number of esters is 1. The number of benzene rings is 1. The number of hydrogen-bond acceptors (Lipinski definition) is 3. The zero-order valence-corrected chi connectivity index (χ0v) is 21.3. The zero-order valence-electron chi connectivity index (χ0n) is 21.3. The Morgan fingerprint density at radius 3 is 1.90 bits per heavy atom. The minimum Gasteiger partial charge on any atom is -0.493 e. The van der Waals surface area contributed by atoms with Crippen LogP contribution >= 0.6 is 0 Å². The van der Waals surface area contributed by atoms with Crippen LogP contribution in [0.5, 0.6) is 11.5 Å². The van der Waals surface area contributed by atoms with Gasteiger partial charge in [-0.15, -0.1) is 0 Å². The molecule has 1 unspecified atom stereocenters. The Kier molecular flexibility index (Phi) is 9.91. The first-order valence-electron chi connectivity index (χ1n) is 11.8. The number of ether oxygens (including phenoxy) is 2. The third kappa shape index (κ3) is 8.70. The lowest BCUT2D eigenvalue weighted by atomic mass is 9.81. The van der Waals surface area contributed by atoms with Gasteiger partial charge in [-0.2, -0.15) is 0 Å².